The lowest BCUT2D eigenvalue weighted by Crippen LogP contribution is -2.05. The van der Waals surface area contributed by atoms with Crippen molar-refractivity contribution in [1.82, 2.24) is 0 Å². The van der Waals surface area contributed by atoms with Crippen LogP contribution in [0.3, 0.4) is 0 Å². The predicted molar refractivity (Wildman–Crippen MR) is 71.3 cm³/mol. The standard InChI is InChI=1S/C15H18O3/c1-11(2)10-14(16)13-7-5-4-6-12(13)8-9-15(17)18-3/h4-9,11H,10H2,1-3H3/b9-8+. The van der Waals surface area contributed by atoms with E-state index < -0.39 is 5.97 Å². The van der Waals surface area contributed by atoms with Gasteiger partial charge in [0.2, 0.25) is 0 Å². The Morgan fingerprint density at radius 3 is 2.56 bits per heavy atom. The number of rotatable bonds is 5. The molecule has 1 aromatic rings. The molecule has 3 heteroatoms. The van der Waals surface area contributed by atoms with Gasteiger partial charge >= 0.3 is 5.97 Å². The van der Waals surface area contributed by atoms with E-state index in [1.807, 2.05) is 32.0 Å². The van der Waals surface area contributed by atoms with Crippen LogP contribution in [0.15, 0.2) is 30.3 Å². The van der Waals surface area contributed by atoms with Gasteiger partial charge in [0, 0.05) is 18.1 Å². The normalized spacial score (nSPS) is 10.9. The van der Waals surface area contributed by atoms with Crippen LogP contribution in [0, 0.1) is 5.92 Å². The average molecular weight is 246 g/mol. The fourth-order valence-electron chi connectivity index (χ4n) is 1.60. The van der Waals surface area contributed by atoms with E-state index >= 15 is 0 Å². The SMILES string of the molecule is COC(=O)/C=C/c1ccccc1C(=O)CC(C)C. The maximum atomic E-state index is 12.0. The molecule has 0 aromatic heterocycles. The number of hydrogen-bond acceptors (Lipinski definition) is 3. The predicted octanol–water partition coefficient (Wildman–Crippen LogP) is 3.10. The highest BCUT2D eigenvalue weighted by Gasteiger charge is 2.11. The van der Waals surface area contributed by atoms with Gasteiger partial charge in [0.25, 0.3) is 0 Å². The minimum absolute atomic E-state index is 0.0927. The van der Waals surface area contributed by atoms with Crippen molar-refractivity contribution in [2.24, 2.45) is 5.92 Å². The molecule has 0 saturated heterocycles. The van der Waals surface area contributed by atoms with Crippen LogP contribution in [0.25, 0.3) is 6.08 Å². The Balaban J connectivity index is 2.96. The Hall–Kier alpha value is -1.90. The van der Waals surface area contributed by atoms with E-state index in [0.717, 1.165) is 5.56 Å². The van der Waals surface area contributed by atoms with Crippen molar-refractivity contribution in [3.63, 3.8) is 0 Å². The first kappa shape index (κ1) is 14.2. The van der Waals surface area contributed by atoms with E-state index in [-0.39, 0.29) is 5.78 Å². The van der Waals surface area contributed by atoms with Gasteiger partial charge in [0.1, 0.15) is 0 Å². The summed E-state index contributed by atoms with van der Waals surface area (Å²) in [5.74, 6) is -0.0219. The quantitative estimate of drug-likeness (QED) is 0.455. The molecule has 0 amide bonds. The first-order chi connectivity index (χ1) is 8.54. The zero-order valence-corrected chi connectivity index (χ0v) is 11.0. The number of benzene rings is 1. The third kappa shape index (κ3) is 4.17. The fraction of sp³-hybridized carbons (Fsp3) is 0.333. The van der Waals surface area contributed by atoms with Gasteiger partial charge in [-0.3, -0.25) is 4.79 Å². The minimum Gasteiger partial charge on any atom is -0.466 e. The second kappa shape index (κ2) is 6.74. The Morgan fingerprint density at radius 1 is 1.28 bits per heavy atom. The molecule has 3 nitrogen and oxygen atoms in total. The van der Waals surface area contributed by atoms with Crippen LogP contribution in [-0.4, -0.2) is 18.9 Å². The highest BCUT2D eigenvalue weighted by atomic mass is 16.5. The van der Waals surface area contributed by atoms with Gasteiger partial charge in [-0.15, -0.1) is 0 Å². The zero-order valence-electron chi connectivity index (χ0n) is 11.0. The number of carbonyl (C=O) groups is 2. The molecule has 0 radical (unpaired) electrons. The van der Waals surface area contributed by atoms with Gasteiger partial charge < -0.3 is 4.74 Å². The van der Waals surface area contributed by atoms with Crippen LogP contribution in [0.1, 0.15) is 36.2 Å². The molecule has 0 aliphatic heterocycles. The molecule has 0 spiro atoms. The fourth-order valence-corrected chi connectivity index (χ4v) is 1.60. The summed E-state index contributed by atoms with van der Waals surface area (Å²) in [6.45, 7) is 4.01. The Morgan fingerprint density at radius 2 is 1.94 bits per heavy atom. The third-order valence-corrected chi connectivity index (χ3v) is 2.46. The van der Waals surface area contributed by atoms with E-state index in [1.54, 1.807) is 12.1 Å². The number of Topliss-reactive ketones (excluding diaryl/α,β-unsaturated/α-hetero) is 1. The summed E-state index contributed by atoms with van der Waals surface area (Å²) >= 11 is 0. The topological polar surface area (TPSA) is 43.4 Å². The summed E-state index contributed by atoms with van der Waals surface area (Å²) in [6.07, 6.45) is 3.43. The first-order valence-corrected chi connectivity index (χ1v) is 5.93. The summed E-state index contributed by atoms with van der Waals surface area (Å²) in [6, 6.07) is 7.25. The third-order valence-electron chi connectivity index (χ3n) is 2.46. The van der Waals surface area contributed by atoms with Crippen LogP contribution in [0.2, 0.25) is 0 Å². The van der Waals surface area contributed by atoms with Crippen molar-refractivity contribution in [3.05, 3.63) is 41.5 Å². The number of ketones is 1. The lowest BCUT2D eigenvalue weighted by atomic mass is 9.97. The monoisotopic (exact) mass is 246 g/mol. The number of methoxy groups -OCH3 is 1. The number of hydrogen-bond donors (Lipinski definition) is 0. The Kier molecular flexibility index (Phi) is 5.31. The largest absolute Gasteiger partial charge is 0.466 e. The molecule has 0 aliphatic carbocycles. The molecule has 96 valence electrons. The van der Waals surface area contributed by atoms with E-state index in [4.69, 9.17) is 0 Å². The van der Waals surface area contributed by atoms with Crippen molar-refractivity contribution >= 4 is 17.8 Å². The molecule has 0 bridgehead atoms. The highest BCUT2D eigenvalue weighted by Crippen LogP contribution is 2.15. The maximum Gasteiger partial charge on any atom is 0.330 e. The minimum atomic E-state index is -0.430. The second-order valence-electron chi connectivity index (χ2n) is 4.46. The summed E-state index contributed by atoms with van der Waals surface area (Å²) in [5, 5.41) is 0. The summed E-state index contributed by atoms with van der Waals surface area (Å²) in [4.78, 5) is 23.1. The number of esters is 1. The van der Waals surface area contributed by atoms with Gasteiger partial charge in [-0.2, -0.15) is 0 Å². The molecule has 1 aromatic carbocycles. The van der Waals surface area contributed by atoms with Gasteiger partial charge in [-0.1, -0.05) is 38.1 Å². The molecule has 0 saturated carbocycles. The highest BCUT2D eigenvalue weighted by molar-refractivity contribution is 6.00. The second-order valence-corrected chi connectivity index (χ2v) is 4.46. The molecule has 0 aliphatic rings. The maximum absolute atomic E-state index is 12.0. The average Bonchev–Trinajstić information content (AvgIpc) is 2.35. The van der Waals surface area contributed by atoms with Crippen molar-refractivity contribution in [2.75, 3.05) is 7.11 Å². The molecule has 18 heavy (non-hydrogen) atoms. The van der Waals surface area contributed by atoms with E-state index in [9.17, 15) is 9.59 Å². The number of ether oxygens (including phenoxy) is 1. The van der Waals surface area contributed by atoms with Crippen molar-refractivity contribution < 1.29 is 14.3 Å². The molecule has 0 N–H and O–H groups in total. The zero-order chi connectivity index (χ0) is 13.5. The molecule has 0 unspecified atom stereocenters. The lowest BCUT2D eigenvalue weighted by Gasteiger charge is -2.07. The molecule has 0 fully saturated rings. The van der Waals surface area contributed by atoms with Crippen molar-refractivity contribution in [3.8, 4) is 0 Å². The van der Waals surface area contributed by atoms with Crippen LogP contribution < -0.4 is 0 Å². The molecule has 1 rings (SSSR count). The molecular formula is C15H18O3. The Labute approximate surface area is 107 Å². The van der Waals surface area contributed by atoms with Crippen LogP contribution in [-0.2, 0) is 9.53 Å². The van der Waals surface area contributed by atoms with E-state index in [0.29, 0.717) is 17.9 Å². The van der Waals surface area contributed by atoms with Gasteiger partial charge in [0.15, 0.2) is 5.78 Å². The Bertz CT molecular complexity index is 459. The van der Waals surface area contributed by atoms with E-state index in [1.165, 1.54) is 13.2 Å². The molecule has 0 atom stereocenters. The molecule has 0 heterocycles. The first-order valence-electron chi connectivity index (χ1n) is 5.93. The molecular weight excluding hydrogens is 228 g/mol. The van der Waals surface area contributed by atoms with Crippen LogP contribution in [0.5, 0.6) is 0 Å². The summed E-state index contributed by atoms with van der Waals surface area (Å²) < 4.78 is 4.53. The smallest absolute Gasteiger partial charge is 0.330 e. The van der Waals surface area contributed by atoms with Gasteiger partial charge in [-0.25, -0.2) is 4.79 Å². The van der Waals surface area contributed by atoms with Crippen molar-refractivity contribution in [1.29, 1.82) is 0 Å². The summed E-state index contributed by atoms with van der Waals surface area (Å²) in [7, 11) is 1.32. The van der Waals surface area contributed by atoms with E-state index in [2.05, 4.69) is 4.74 Å². The summed E-state index contributed by atoms with van der Waals surface area (Å²) in [5.41, 5.74) is 1.39. The number of carbonyl (C=O) groups excluding carboxylic acids is 2. The van der Waals surface area contributed by atoms with Crippen molar-refractivity contribution in [2.45, 2.75) is 20.3 Å². The van der Waals surface area contributed by atoms with Crippen LogP contribution >= 0.6 is 0 Å². The van der Waals surface area contributed by atoms with Crippen LogP contribution in [0.4, 0.5) is 0 Å². The lowest BCUT2D eigenvalue weighted by molar-refractivity contribution is -0.134. The van der Waals surface area contributed by atoms with Gasteiger partial charge in [-0.05, 0) is 17.6 Å². The van der Waals surface area contributed by atoms with Gasteiger partial charge in [0.05, 0.1) is 7.11 Å².